The lowest BCUT2D eigenvalue weighted by molar-refractivity contribution is 0.216. The normalized spacial score (nSPS) is 12.0. The molecule has 0 atom stereocenters. The van der Waals surface area contributed by atoms with Crippen molar-refractivity contribution >= 4 is 5.69 Å². The zero-order valence-corrected chi connectivity index (χ0v) is 12.5. The van der Waals surface area contributed by atoms with Crippen LogP contribution in [0.25, 0.3) is 0 Å². The molecule has 0 heterocycles. The van der Waals surface area contributed by atoms with Gasteiger partial charge in [0.05, 0.1) is 12.1 Å². The SMILES string of the molecule is CC(C)NCc1c(F)cccc1N(C)C(C)(C)CO. The molecule has 1 aromatic carbocycles. The van der Waals surface area contributed by atoms with Gasteiger partial charge < -0.3 is 15.3 Å². The number of rotatable bonds is 6. The van der Waals surface area contributed by atoms with Crippen molar-refractivity contribution in [2.75, 3.05) is 18.6 Å². The van der Waals surface area contributed by atoms with E-state index in [2.05, 4.69) is 5.32 Å². The average Bonchev–Trinajstić information content (AvgIpc) is 2.35. The van der Waals surface area contributed by atoms with E-state index in [1.807, 2.05) is 45.7 Å². The summed E-state index contributed by atoms with van der Waals surface area (Å²) < 4.78 is 14.0. The third kappa shape index (κ3) is 3.91. The van der Waals surface area contributed by atoms with Crippen molar-refractivity contribution in [1.82, 2.24) is 5.32 Å². The molecule has 0 aliphatic heterocycles. The fourth-order valence-electron chi connectivity index (χ4n) is 1.77. The zero-order chi connectivity index (χ0) is 14.6. The van der Waals surface area contributed by atoms with Crippen molar-refractivity contribution < 1.29 is 9.50 Å². The van der Waals surface area contributed by atoms with Crippen LogP contribution in [0.4, 0.5) is 10.1 Å². The molecule has 4 heteroatoms. The molecule has 0 aliphatic carbocycles. The molecule has 0 spiro atoms. The van der Waals surface area contributed by atoms with Gasteiger partial charge in [0.1, 0.15) is 5.82 Å². The Labute approximate surface area is 115 Å². The van der Waals surface area contributed by atoms with E-state index in [4.69, 9.17) is 0 Å². The Bertz CT molecular complexity index is 419. The Kier molecular flexibility index (Phi) is 5.32. The van der Waals surface area contributed by atoms with Crippen LogP contribution in [0, 0.1) is 5.82 Å². The molecule has 2 N–H and O–H groups in total. The maximum atomic E-state index is 14.0. The van der Waals surface area contributed by atoms with E-state index in [1.165, 1.54) is 6.07 Å². The lowest BCUT2D eigenvalue weighted by atomic mass is 10.0. The maximum Gasteiger partial charge on any atom is 0.129 e. The summed E-state index contributed by atoms with van der Waals surface area (Å²) in [5.41, 5.74) is 1.02. The number of aliphatic hydroxyl groups is 1. The second-order valence-electron chi connectivity index (χ2n) is 5.80. The zero-order valence-electron chi connectivity index (χ0n) is 12.5. The second kappa shape index (κ2) is 6.35. The third-order valence-electron chi connectivity index (χ3n) is 3.44. The monoisotopic (exact) mass is 268 g/mol. The topological polar surface area (TPSA) is 35.5 Å². The first-order valence-corrected chi connectivity index (χ1v) is 6.65. The van der Waals surface area contributed by atoms with E-state index in [1.54, 1.807) is 6.07 Å². The molecule has 1 aromatic rings. The molecule has 0 bridgehead atoms. The predicted molar refractivity (Wildman–Crippen MR) is 77.9 cm³/mol. The van der Waals surface area contributed by atoms with Gasteiger partial charge in [-0.2, -0.15) is 0 Å². The molecule has 0 unspecified atom stereocenters. The molecular weight excluding hydrogens is 243 g/mol. The molecule has 0 saturated carbocycles. The molecule has 108 valence electrons. The van der Waals surface area contributed by atoms with Crippen LogP contribution in [-0.4, -0.2) is 30.3 Å². The lowest BCUT2D eigenvalue weighted by Gasteiger charge is -2.37. The minimum absolute atomic E-state index is 0.0110. The van der Waals surface area contributed by atoms with Gasteiger partial charge in [-0.3, -0.25) is 0 Å². The number of nitrogens with one attached hydrogen (secondary N) is 1. The predicted octanol–water partition coefficient (Wildman–Crippen LogP) is 2.53. The Balaban J connectivity index is 3.09. The summed E-state index contributed by atoms with van der Waals surface area (Å²) in [4.78, 5) is 1.92. The average molecular weight is 268 g/mol. The number of hydrogen-bond donors (Lipinski definition) is 2. The number of benzene rings is 1. The Morgan fingerprint density at radius 1 is 1.37 bits per heavy atom. The fourth-order valence-corrected chi connectivity index (χ4v) is 1.77. The molecule has 0 fully saturated rings. The first-order valence-electron chi connectivity index (χ1n) is 6.65. The van der Waals surface area contributed by atoms with Gasteiger partial charge in [0.25, 0.3) is 0 Å². The summed E-state index contributed by atoms with van der Waals surface area (Å²) in [5.74, 6) is -0.216. The largest absolute Gasteiger partial charge is 0.394 e. The number of anilines is 1. The van der Waals surface area contributed by atoms with E-state index in [-0.39, 0.29) is 12.4 Å². The number of hydrogen-bond acceptors (Lipinski definition) is 3. The van der Waals surface area contributed by atoms with Gasteiger partial charge in [0.15, 0.2) is 0 Å². The number of halogens is 1. The van der Waals surface area contributed by atoms with Crippen molar-refractivity contribution in [2.45, 2.75) is 45.8 Å². The van der Waals surface area contributed by atoms with Crippen LogP contribution < -0.4 is 10.2 Å². The molecule has 0 radical (unpaired) electrons. The fraction of sp³-hybridized carbons (Fsp3) is 0.600. The highest BCUT2D eigenvalue weighted by molar-refractivity contribution is 5.55. The molecule has 0 amide bonds. The first kappa shape index (κ1) is 15.9. The van der Waals surface area contributed by atoms with Crippen LogP contribution in [0.3, 0.4) is 0 Å². The highest BCUT2D eigenvalue weighted by atomic mass is 19.1. The number of nitrogens with zero attached hydrogens (tertiary/aromatic N) is 1. The van der Waals surface area contributed by atoms with Crippen molar-refractivity contribution in [3.63, 3.8) is 0 Å². The highest BCUT2D eigenvalue weighted by Gasteiger charge is 2.25. The van der Waals surface area contributed by atoms with Crippen LogP contribution in [0.15, 0.2) is 18.2 Å². The van der Waals surface area contributed by atoms with E-state index in [0.29, 0.717) is 18.2 Å². The van der Waals surface area contributed by atoms with Gasteiger partial charge in [-0.05, 0) is 26.0 Å². The molecule has 3 nitrogen and oxygen atoms in total. The van der Waals surface area contributed by atoms with Gasteiger partial charge in [0, 0.05) is 30.9 Å². The molecular formula is C15H25FN2O. The van der Waals surface area contributed by atoms with E-state index < -0.39 is 5.54 Å². The first-order chi connectivity index (χ1) is 8.79. The van der Waals surface area contributed by atoms with Gasteiger partial charge in [-0.15, -0.1) is 0 Å². The van der Waals surface area contributed by atoms with Crippen molar-refractivity contribution in [2.24, 2.45) is 0 Å². The molecule has 0 saturated heterocycles. The van der Waals surface area contributed by atoms with Gasteiger partial charge >= 0.3 is 0 Å². The van der Waals surface area contributed by atoms with E-state index in [9.17, 15) is 9.50 Å². The number of aliphatic hydroxyl groups excluding tert-OH is 1. The van der Waals surface area contributed by atoms with Crippen LogP contribution in [-0.2, 0) is 6.54 Å². The van der Waals surface area contributed by atoms with Gasteiger partial charge in [-0.25, -0.2) is 4.39 Å². The molecule has 0 aromatic heterocycles. The summed E-state index contributed by atoms with van der Waals surface area (Å²) in [7, 11) is 1.88. The quantitative estimate of drug-likeness (QED) is 0.832. The number of likely N-dealkylation sites (N-methyl/N-ethyl adjacent to an activating group) is 1. The third-order valence-corrected chi connectivity index (χ3v) is 3.44. The molecule has 0 aliphatic rings. The van der Waals surface area contributed by atoms with Crippen LogP contribution in [0.2, 0.25) is 0 Å². The standard InChI is InChI=1S/C15H25FN2O/c1-11(2)17-9-12-13(16)7-6-8-14(12)18(5)15(3,4)10-19/h6-8,11,17,19H,9-10H2,1-5H3. The summed E-state index contributed by atoms with van der Waals surface area (Å²) in [6.45, 7) is 8.40. The van der Waals surface area contributed by atoms with Crippen LogP contribution in [0.5, 0.6) is 0 Å². The summed E-state index contributed by atoms with van der Waals surface area (Å²) in [6.07, 6.45) is 0. The minimum Gasteiger partial charge on any atom is -0.394 e. The van der Waals surface area contributed by atoms with E-state index >= 15 is 0 Å². The summed E-state index contributed by atoms with van der Waals surface area (Å²) >= 11 is 0. The van der Waals surface area contributed by atoms with Crippen LogP contribution >= 0.6 is 0 Å². The highest BCUT2D eigenvalue weighted by Crippen LogP contribution is 2.27. The second-order valence-corrected chi connectivity index (χ2v) is 5.80. The van der Waals surface area contributed by atoms with Gasteiger partial charge in [-0.1, -0.05) is 19.9 Å². The smallest absolute Gasteiger partial charge is 0.129 e. The molecule has 19 heavy (non-hydrogen) atoms. The summed E-state index contributed by atoms with van der Waals surface area (Å²) in [6, 6.07) is 5.36. The van der Waals surface area contributed by atoms with Crippen LogP contribution in [0.1, 0.15) is 33.3 Å². The summed E-state index contributed by atoms with van der Waals surface area (Å²) in [5, 5.41) is 12.7. The molecule has 1 rings (SSSR count). The van der Waals surface area contributed by atoms with Crippen molar-refractivity contribution in [3.05, 3.63) is 29.6 Å². The van der Waals surface area contributed by atoms with E-state index in [0.717, 1.165) is 5.69 Å². The Hall–Kier alpha value is -1.13. The minimum atomic E-state index is -0.430. The van der Waals surface area contributed by atoms with Crippen molar-refractivity contribution in [3.8, 4) is 0 Å². The maximum absolute atomic E-state index is 14.0. The lowest BCUT2D eigenvalue weighted by Crippen LogP contribution is -2.45. The van der Waals surface area contributed by atoms with Gasteiger partial charge in [0.2, 0.25) is 0 Å². The van der Waals surface area contributed by atoms with Crippen molar-refractivity contribution in [1.29, 1.82) is 0 Å². The Morgan fingerprint density at radius 2 is 2.00 bits per heavy atom. The Morgan fingerprint density at radius 3 is 2.53 bits per heavy atom.